The van der Waals surface area contributed by atoms with Gasteiger partial charge in [-0.1, -0.05) is 31.2 Å². The molecular formula is C27H20I2N2O5S. The fourth-order valence-electron chi connectivity index (χ4n) is 3.64. The van der Waals surface area contributed by atoms with E-state index >= 15 is 0 Å². The lowest BCUT2D eigenvalue weighted by Crippen LogP contribution is -2.54. The number of thiocarbonyl (C=S) groups is 1. The van der Waals surface area contributed by atoms with Crippen molar-refractivity contribution in [2.75, 3.05) is 4.90 Å². The van der Waals surface area contributed by atoms with Gasteiger partial charge in [0.1, 0.15) is 17.9 Å². The molecule has 3 aromatic rings. The number of benzene rings is 3. The second kappa shape index (κ2) is 11.7. The third-order valence-corrected chi connectivity index (χ3v) is 7.51. The predicted octanol–water partition coefficient (Wildman–Crippen LogP) is 5.57. The number of carbonyl (C=O) groups excluding carboxylic acids is 2. The van der Waals surface area contributed by atoms with Gasteiger partial charge < -0.3 is 9.84 Å². The fraction of sp³-hybridized carbons (Fsp3) is 0.111. The summed E-state index contributed by atoms with van der Waals surface area (Å²) in [6, 6.07) is 17.6. The Hall–Kier alpha value is -2.84. The fourth-order valence-corrected chi connectivity index (χ4v) is 6.05. The molecule has 0 aromatic heterocycles. The molecule has 0 saturated carbocycles. The molecular weight excluding hydrogens is 718 g/mol. The number of hydrogen-bond donors (Lipinski definition) is 2. The van der Waals surface area contributed by atoms with Gasteiger partial charge in [0.2, 0.25) is 0 Å². The number of amides is 2. The van der Waals surface area contributed by atoms with E-state index in [9.17, 15) is 14.4 Å². The quantitative estimate of drug-likeness (QED) is 0.143. The lowest BCUT2D eigenvalue weighted by molar-refractivity contribution is -0.122. The highest BCUT2D eigenvalue weighted by Crippen LogP contribution is 2.31. The normalized spacial score (nSPS) is 14.6. The first-order chi connectivity index (χ1) is 17.7. The van der Waals surface area contributed by atoms with Crippen molar-refractivity contribution in [2.45, 2.75) is 20.0 Å². The van der Waals surface area contributed by atoms with Crippen molar-refractivity contribution in [3.05, 3.63) is 95.6 Å². The van der Waals surface area contributed by atoms with Crippen LogP contribution in [0.3, 0.4) is 0 Å². The van der Waals surface area contributed by atoms with Crippen LogP contribution in [0.25, 0.3) is 6.08 Å². The molecule has 37 heavy (non-hydrogen) atoms. The number of halogens is 2. The zero-order valence-corrected chi connectivity index (χ0v) is 24.6. The predicted molar refractivity (Wildman–Crippen MR) is 162 cm³/mol. The van der Waals surface area contributed by atoms with Crippen LogP contribution in [0.15, 0.2) is 66.2 Å². The van der Waals surface area contributed by atoms with Crippen molar-refractivity contribution in [3.63, 3.8) is 0 Å². The largest absolute Gasteiger partial charge is 0.487 e. The third kappa shape index (κ3) is 6.18. The van der Waals surface area contributed by atoms with E-state index in [1.165, 1.54) is 17.0 Å². The Morgan fingerprint density at radius 2 is 1.62 bits per heavy atom. The van der Waals surface area contributed by atoms with Crippen LogP contribution in [0.2, 0.25) is 0 Å². The van der Waals surface area contributed by atoms with Crippen LogP contribution < -0.4 is 15.0 Å². The molecule has 1 aliphatic rings. The Bertz CT molecular complexity index is 1410. The highest BCUT2D eigenvalue weighted by molar-refractivity contribution is 14.1. The monoisotopic (exact) mass is 738 g/mol. The first-order valence-electron chi connectivity index (χ1n) is 11.1. The highest BCUT2D eigenvalue weighted by Gasteiger charge is 2.34. The molecule has 7 nitrogen and oxygen atoms in total. The van der Waals surface area contributed by atoms with Crippen molar-refractivity contribution >= 4 is 92.1 Å². The SMILES string of the molecule is CCc1ccc(N2C(=O)/C(=C/c3cc(I)c(OCc4ccc(C(=O)O)cc4)c(I)c3)C(=O)NC2=S)cc1. The van der Waals surface area contributed by atoms with Crippen molar-refractivity contribution in [1.82, 2.24) is 5.32 Å². The smallest absolute Gasteiger partial charge is 0.335 e. The Morgan fingerprint density at radius 3 is 2.19 bits per heavy atom. The summed E-state index contributed by atoms with van der Waals surface area (Å²) < 4.78 is 7.59. The van der Waals surface area contributed by atoms with Crippen LogP contribution in [0.4, 0.5) is 5.69 Å². The summed E-state index contributed by atoms with van der Waals surface area (Å²) in [6.45, 7) is 2.31. The van der Waals surface area contributed by atoms with Gasteiger partial charge in [0.15, 0.2) is 5.11 Å². The molecule has 0 atom stereocenters. The first kappa shape index (κ1) is 27.2. The van der Waals surface area contributed by atoms with Crippen molar-refractivity contribution in [3.8, 4) is 5.75 Å². The number of ether oxygens (including phenoxy) is 1. The number of nitrogens with one attached hydrogen (secondary N) is 1. The lowest BCUT2D eigenvalue weighted by Gasteiger charge is -2.29. The van der Waals surface area contributed by atoms with Crippen molar-refractivity contribution in [1.29, 1.82) is 0 Å². The molecule has 188 valence electrons. The Balaban J connectivity index is 1.56. The summed E-state index contributed by atoms with van der Waals surface area (Å²) in [5.41, 5.74) is 3.40. The molecule has 10 heteroatoms. The lowest BCUT2D eigenvalue weighted by atomic mass is 10.1. The minimum atomic E-state index is -0.981. The van der Waals surface area contributed by atoms with Gasteiger partial charge in [0.05, 0.1) is 18.4 Å². The number of carboxylic acids is 1. The second-order valence-electron chi connectivity index (χ2n) is 8.08. The summed E-state index contributed by atoms with van der Waals surface area (Å²) in [7, 11) is 0. The average molecular weight is 738 g/mol. The molecule has 0 aliphatic carbocycles. The van der Waals surface area contributed by atoms with Crippen molar-refractivity contribution < 1.29 is 24.2 Å². The molecule has 2 amide bonds. The number of hydrogen-bond acceptors (Lipinski definition) is 5. The molecule has 1 fully saturated rings. The summed E-state index contributed by atoms with van der Waals surface area (Å²) >= 11 is 9.57. The third-order valence-electron chi connectivity index (χ3n) is 5.62. The van der Waals surface area contributed by atoms with Gasteiger partial charge >= 0.3 is 5.97 Å². The molecule has 1 aliphatic heterocycles. The summed E-state index contributed by atoms with van der Waals surface area (Å²) in [5.74, 6) is -1.37. The molecule has 0 bridgehead atoms. The van der Waals surface area contributed by atoms with E-state index in [0.29, 0.717) is 17.0 Å². The number of aromatic carboxylic acids is 1. The molecule has 1 saturated heterocycles. The minimum absolute atomic E-state index is 0.0213. The van der Waals surface area contributed by atoms with E-state index in [0.717, 1.165) is 24.7 Å². The second-order valence-corrected chi connectivity index (χ2v) is 10.8. The maximum Gasteiger partial charge on any atom is 0.335 e. The zero-order valence-electron chi connectivity index (χ0n) is 19.5. The van der Waals surface area contributed by atoms with Crippen LogP contribution >= 0.6 is 57.4 Å². The average Bonchev–Trinajstić information content (AvgIpc) is 2.86. The summed E-state index contributed by atoms with van der Waals surface area (Å²) in [4.78, 5) is 38.3. The summed E-state index contributed by atoms with van der Waals surface area (Å²) in [6.07, 6.45) is 2.42. The van der Waals surface area contributed by atoms with E-state index in [-0.39, 0.29) is 22.9 Å². The van der Waals surface area contributed by atoms with Gasteiger partial charge in [0, 0.05) is 0 Å². The van der Waals surface area contributed by atoms with E-state index in [1.807, 2.05) is 43.3 Å². The molecule has 2 N–H and O–H groups in total. The van der Waals surface area contributed by atoms with Crippen LogP contribution in [0.5, 0.6) is 5.75 Å². The first-order valence-corrected chi connectivity index (χ1v) is 13.7. The van der Waals surface area contributed by atoms with E-state index in [1.54, 1.807) is 18.2 Å². The van der Waals surface area contributed by atoms with Crippen LogP contribution in [-0.2, 0) is 22.6 Å². The van der Waals surface area contributed by atoms with Crippen LogP contribution in [0.1, 0.15) is 34.0 Å². The molecule has 1 heterocycles. The van der Waals surface area contributed by atoms with Gasteiger partial charge in [-0.25, -0.2) is 4.79 Å². The Kier molecular flexibility index (Phi) is 8.60. The number of nitrogens with zero attached hydrogens (tertiary/aromatic N) is 1. The highest BCUT2D eigenvalue weighted by atomic mass is 127. The zero-order chi connectivity index (χ0) is 26.7. The standard InChI is InChI=1S/C27H20I2N2O5S/c1-2-15-5-9-19(10-6-15)31-25(33)20(24(32)30-27(31)37)11-17-12-21(28)23(22(29)13-17)36-14-16-3-7-18(8-4-16)26(34)35/h3-13H,2,14H2,1H3,(H,34,35)(H,30,32,37)/b20-11+. The number of aryl methyl sites for hydroxylation is 1. The summed E-state index contributed by atoms with van der Waals surface area (Å²) in [5, 5.41) is 11.7. The van der Waals surface area contributed by atoms with Gasteiger partial charge in [-0.05, 0) is 123 Å². The number of carboxylic acid groups (broad SMARTS) is 1. The van der Waals surface area contributed by atoms with Crippen molar-refractivity contribution in [2.24, 2.45) is 0 Å². The molecule has 0 radical (unpaired) electrons. The Morgan fingerprint density at radius 1 is 1.03 bits per heavy atom. The van der Waals surface area contributed by atoms with Gasteiger partial charge in [-0.3, -0.25) is 19.8 Å². The Labute approximate surface area is 246 Å². The van der Waals surface area contributed by atoms with Gasteiger partial charge in [0.25, 0.3) is 11.8 Å². The van der Waals surface area contributed by atoms with E-state index in [2.05, 4.69) is 50.5 Å². The van der Waals surface area contributed by atoms with Gasteiger partial charge in [-0.15, -0.1) is 0 Å². The molecule has 0 spiro atoms. The molecule has 0 unspecified atom stereocenters. The number of rotatable bonds is 7. The van der Waals surface area contributed by atoms with E-state index < -0.39 is 17.8 Å². The molecule has 4 rings (SSSR count). The van der Waals surface area contributed by atoms with Crippen LogP contribution in [-0.4, -0.2) is 28.0 Å². The van der Waals surface area contributed by atoms with E-state index in [4.69, 9.17) is 22.1 Å². The molecule has 3 aromatic carbocycles. The van der Waals surface area contributed by atoms with Gasteiger partial charge in [-0.2, -0.15) is 0 Å². The maximum absolute atomic E-state index is 13.3. The maximum atomic E-state index is 13.3. The number of anilines is 1. The van der Waals surface area contributed by atoms with Crippen LogP contribution in [0, 0.1) is 7.14 Å². The topological polar surface area (TPSA) is 95.9 Å². The number of carbonyl (C=O) groups is 3. The minimum Gasteiger partial charge on any atom is -0.487 e.